The van der Waals surface area contributed by atoms with E-state index >= 15 is 0 Å². The Morgan fingerprint density at radius 2 is 1.82 bits per heavy atom. The maximum absolute atomic E-state index is 13.3. The van der Waals surface area contributed by atoms with Crippen molar-refractivity contribution in [2.75, 3.05) is 13.6 Å². The zero-order valence-electron chi connectivity index (χ0n) is 22.8. The Labute approximate surface area is 231 Å². The van der Waals surface area contributed by atoms with Crippen LogP contribution in [0, 0.1) is 0 Å². The number of hydrogen-bond acceptors (Lipinski definition) is 8. The average molecular weight is 557 g/mol. The Morgan fingerprint density at radius 1 is 1.12 bits per heavy atom. The molecule has 3 amide bonds. The van der Waals surface area contributed by atoms with Gasteiger partial charge in [0.25, 0.3) is 11.8 Å². The van der Waals surface area contributed by atoms with Crippen LogP contribution in [0.3, 0.4) is 0 Å². The first-order valence-electron chi connectivity index (χ1n) is 13.1. The van der Waals surface area contributed by atoms with Crippen LogP contribution >= 0.6 is 0 Å². The lowest BCUT2D eigenvalue weighted by molar-refractivity contribution is -0.133. The Hall–Kier alpha value is -3.95. The molecular formula is C25H36BN7O7. The average Bonchev–Trinajstić information content (AvgIpc) is 3.18. The number of carbonyl (C=O) groups is 3. The van der Waals surface area contributed by atoms with Gasteiger partial charge < -0.3 is 31.3 Å². The molecular weight excluding hydrogens is 521 g/mol. The van der Waals surface area contributed by atoms with Gasteiger partial charge in [-0.1, -0.05) is 30.7 Å². The first-order chi connectivity index (χ1) is 19.0. The van der Waals surface area contributed by atoms with Crippen molar-refractivity contribution in [3.05, 3.63) is 68.5 Å². The van der Waals surface area contributed by atoms with E-state index in [1.54, 1.807) is 37.2 Å². The van der Waals surface area contributed by atoms with Gasteiger partial charge in [0, 0.05) is 26.2 Å². The van der Waals surface area contributed by atoms with Gasteiger partial charge in [0.15, 0.2) is 12.1 Å². The van der Waals surface area contributed by atoms with Crippen molar-refractivity contribution < 1.29 is 24.5 Å². The maximum atomic E-state index is 13.3. The van der Waals surface area contributed by atoms with Crippen LogP contribution in [-0.2, 0) is 29.7 Å². The summed E-state index contributed by atoms with van der Waals surface area (Å²) in [5, 5.41) is 31.0. The number of aromatic nitrogens is 3. The topological polar surface area (TPSA) is 189 Å². The first kappa shape index (κ1) is 30.6. The van der Waals surface area contributed by atoms with Crippen LogP contribution in [0.4, 0.5) is 0 Å². The van der Waals surface area contributed by atoms with Gasteiger partial charge >= 0.3 is 18.4 Å². The molecule has 3 atom stereocenters. The molecule has 6 N–H and O–H groups in total. The second kappa shape index (κ2) is 13.9. The predicted octanol–water partition coefficient (Wildman–Crippen LogP) is -2.15. The summed E-state index contributed by atoms with van der Waals surface area (Å²) in [6, 6.07) is 4.46. The fourth-order valence-corrected chi connectivity index (χ4v) is 4.38. The highest BCUT2D eigenvalue weighted by atomic mass is 16.3. The molecule has 0 spiro atoms. The smallest absolute Gasteiger partial charge is 0.373 e. The van der Waals surface area contributed by atoms with E-state index in [9.17, 15) is 34.1 Å². The van der Waals surface area contributed by atoms with Gasteiger partial charge in [-0.2, -0.15) is 0 Å². The molecule has 216 valence electrons. The van der Waals surface area contributed by atoms with Crippen LogP contribution in [-0.4, -0.2) is 74.6 Å². The summed E-state index contributed by atoms with van der Waals surface area (Å²) in [6.45, 7) is 2.29. The van der Waals surface area contributed by atoms with Gasteiger partial charge in [-0.25, -0.2) is 23.5 Å². The Morgan fingerprint density at radius 3 is 2.48 bits per heavy atom. The summed E-state index contributed by atoms with van der Waals surface area (Å²) in [5.74, 6) is -1.60. The van der Waals surface area contributed by atoms with E-state index in [1.807, 2.05) is 0 Å². The molecule has 0 bridgehead atoms. The van der Waals surface area contributed by atoms with Gasteiger partial charge in [-0.15, -0.1) is 0 Å². The zero-order chi connectivity index (χ0) is 29.4. The molecule has 0 saturated carbocycles. The summed E-state index contributed by atoms with van der Waals surface area (Å²) in [6.07, 6.45) is 2.82. The van der Waals surface area contributed by atoms with Crippen LogP contribution in [0.2, 0.25) is 6.82 Å². The number of nitrogens with one attached hydrogen (secondary N) is 4. The minimum Gasteiger partial charge on any atom is -0.437 e. The van der Waals surface area contributed by atoms with Gasteiger partial charge in [-0.3, -0.25) is 14.4 Å². The summed E-state index contributed by atoms with van der Waals surface area (Å²) >= 11 is 0. The minimum atomic E-state index is -1.61. The quantitative estimate of drug-likeness (QED) is 0.0913. The van der Waals surface area contributed by atoms with Crippen LogP contribution in [0.1, 0.15) is 41.2 Å². The van der Waals surface area contributed by atoms with E-state index in [4.69, 9.17) is 0 Å². The molecule has 1 aromatic heterocycles. The Bertz CT molecular complexity index is 1350. The van der Waals surface area contributed by atoms with Crippen molar-refractivity contribution in [3.63, 3.8) is 0 Å². The van der Waals surface area contributed by atoms with Gasteiger partial charge in [0.05, 0.1) is 12.6 Å². The lowest BCUT2D eigenvalue weighted by Gasteiger charge is -2.27. The van der Waals surface area contributed by atoms with Crippen LogP contribution in [0.15, 0.2) is 46.0 Å². The Balaban J connectivity index is 1.70. The third-order valence-electron chi connectivity index (χ3n) is 6.65. The number of rotatable bonds is 13. The van der Waals surface area contributed by atoms with E-state index < -0.39 is 48.4 Å². The highest BCUT2D eigenvalue weighted by molar-refractivity contribution is 6.45. The summed E-state index contributed by atoms with van der Waals surface area (Å²) in [4.78, 5) is 62.8. The van der Waals surface area contributed by atoms with Crippen molar-refractivity contribution in [2.45, 2.75) is 57.4 Å². The second-order valence-corrected chi connectivity index (χ2v) is 9.60. The third-order valence-corrected chi connectivity index (χ3v) is 6.65. The molecule has 0 aliphatic carbocycles. The highest BCUT2D eigenvalue weighted by Crippen LogP contribution is 2.14. The highest BCUT2D eigenvalue weighted by Gasteiger charge is 2.32. The molecule has 15 heteroatoms. The summed E-state index contributed by atoms with van der Waals surface area (Å²) < 4.78 is 3.11. The number of aliphatic hydroxyl groups excluding tert-OH is 1. The number of nitrogens with zero attached hydrogens (tertiary/aromatic N) is 3. The largest absolute Gasteiger partial charge is 0.437 e. The third kappa shape index (κ3) is 7.37. The molecule has 3 rings (SSSR count). The lowest BCUT2D eigenvalue weighted by Crippen LogP contribution is -2.53. The molecule has 0 saturated heterocycles. The van der Waals surface area contributed by atoms with Crippen molar-refractivity contribution >= 4 is 24.8 Å². The molecule has 1 aliphatic rings. The van der Waals surface area contributed by atoms with E-state index in [-0.39, 0.29) is 25.4 Å². The fraction of sp³-hybridized carbons (Fsp3) is 0.480. The SMILES string of the molecule is CNC(=O)c1ccc(CNC(=O)C(O)C(CCCCNB(C)O)NC(=O)C2C=CCn3c(=O)n(C)c(=O)n32)cc1. The van der Waals surface area contributed by atoms with Crippen molar-refractivity contribution in [2.24, 2.45) is 7.05 Å². The number of benzene rings is 1. The normalized spacial score (nSPS) is 15.6. The van der Waals surface area contributed by atoms with Gasteiger partial charge in [-0.05, 0) is 43.9 Å². The molecule has 1 aromatic carbocycles. The summed E-state index contributed by atoms with van der Waals surface area (Å²) in [5.41, 5.74) is -0.0509. The summed E-state index contributed by atoms with van der Waals surface area (Å²) in [7, 11) is 2.16. The molecule has 3 unspecified atom stereocenters. The zero-order valence-corrected chi connectivity index (χ0v) is 22.8. The van der Waals surface area contributed by atoms with E-state index in [0.29, 0.717) is 30.5 Å². The number of fused-ring (bicyclic) bond motifs is 1. The van der Waals surface area contributed by atoms with E-state index in [2.05, 4.69) is 21.2 Å². The number of hydrogen-bond donors (Lipinski definition) is 6. The maximum Gasteiger partial charge on any atom is 0.373 e. The minimum absolute atomic E-state index is 0.0833. The molecule has 1 aliphatic heterocycles. The number of unbranched alkanes of at least 4 members (excludes halogenated alkanes) is 1. The number of allylic oxidation sites excluding steroid dienone is 1. The predicted molar refractivity (Wildman–Crippen MR) is 147 cm³/mol. The molecule has 14 nitrogen and oxygen atoms in total. The standard InChI is InChI=1S/C25H36BN7O7/c1-26(40)29-13-5-4-7-18(20(34)23(37)28-15-16-9-11-17(12-10-16)21(35)27-2)30-22(36)19-8-6-14-32-24(38)31(3)25(39)33(19)32/h6,8-12,18-20,29,34,40H,4-5,7,13-15H2,1-3H3,(H,27,35)(H,28,37)(H,30,36). The van der Waals surface area contributed by atoms with Gasteiger partial charge in [0.2, 0.25) is 5.91 Å². The molecule has 2 heterocycles. The first-order valence-corrected chi connectivity index (χ1v) is 13.1. The number of amides is 3. The van der Waals surface area contributed by atoms with E-state index in [0.717, 1.165) is 13.9 Å². The van der Waals surface area contributed by atoms with Gasteiger partial charge in [0.1, 0.15) is 0 Å². The van der Waals surface area contributed by atoms with Crippen molar-refractivity contribution in [3.8, 4) is 0 Å². The molecule has 40 heavy (non-hydrogen) atoms. The molecule has 2 aromatic rings. The fourth-order valence-electron chi connectivity index (χ4n) is 4.38. The second-order valence-electron chi connectivity index (χ2n) is 9.60. The lowest BCUT2D eigenvalue weighted by atomic mass is 9.88. The monoisotopic (exact) mass is 557 g/mol. The van der Waals surface area contributed by atoms with Crippen LogP contribution < -0.4 is 32.6 Å². The number of aliphatic hydroxyl groups is 1. The number of carbonyl (C=O) groups excluding carboxylic acids is 3. The molecule has 0 radical (unpaired) electrons. The van der Waals surface area contributed by atoms with Crippen molar-refractivity contribution in [1.29, 1.82) is 0 Å². The van der Waals surface area contributed by atoms with E-state index in [1.165, 1.54) is 20.2 Å². The Kier molecular flexibility index (Phi) is 10.6. The molecule has 0 fully saturated rings. The van der Waals surface area contributed by atoms with Crippen molar-refractivity contribution in [1.82, 2.24) is 35.1 Å². The van der Waals surface area contributed by atoms with Crippen LogP contribution in [0.25, 0.3) is 0 Å². The van der Waals surface area contributed by atoms with Crippen LogP contribution in [0.5, 0.6) is 0 Å².